The molecule has 0 aromatic heterocycles. The van der Waals surface area contributed by atoms with Crippen molar-refractivity contribution in [3.63, 3.8) is 0 Å². The summed E-state index contributed by atoms with van der Waals surface area (Å²) in [4.78, 5) is 24.3. The molecule has 148 valence electrons. The largest absolute Gasteiger partial charge is 0.352 e. The van der Waals surface area contributed by atoms with Gasteiger partial charge in [-0.15, -0.1) is 0 Å². The fourth-order valence-electron chi connectivity index (χ4n) is 2.97. The van der Waals surface area contributed by atoms with Gasteiger partial charge in [-0.25, -0.2) is 4.79 Å². The Morgan fingerprint density at radius 1 is 0.759 bits per heavy atom. The minimum atomic E-state index is -0.330. The van der Waals surface area contributed by atoms with Crippen LogP contribution in [0.15, 0.2) is 84.9 Å². The predicted molar refractivity (Wildman–Crippen MR) is 117 cm³/mol. The van der Waals surface area contributed by atoms with Crippen LogP contribution in [0.2, 0.25) is 0 Å². The lowest BCUT2D eigenvalue weighted by Gasteiger charge is -2.12. The number of anilines is 2. The Morgan fingerprint density at radius 3 is 1.93 bits per heavy atom. The quantitative estimate of drug-likeness (QED) is 0.518. The van der Waals surface area contributed by atoms with Crippen LogP contribution in [0.25, 0.3) is 0 Å². The highest BCUT2D eigenvalue weighted by Crippen LogP contribution is 2.17. The smallest absolute Gasteiger partial charge is 0.323 e. The number of hydrogen-bond donors (Lipinski definition) is 3. The van der Waals surface area contributed by atoms with E-state index >= 15 is 0 Å². The first kappa shape index (κ1) is 20.1. The van der Waals surface area contributed by atoms with Crippen molar-refractivity contribution < 1.29 is 9.59 Å². The Hall–Kier alpha value is -3.60. The fraction of sp³-hybridized carbons (Fsp3) is 0.167. The number of rotatable bonds is 7. The Morgan fingerprint density at radius 2 is 1.31 bits per heavy atom. The molecule has 0 spiro atoms. The van der Waals surface area contributed by atoms with E-state index < -0.39 is 0 Å². The second kappa shape index (κ2) is 10.1. The molecule has 0 aliphatic rings. The summed E-state index contributed by atoms with van der Waals surface area (Å²) in [5.41, 5.74) is 3.16. The van der Waals surface area contributed by atoms with Gasteiger partial charge in [0.15, 0.2) is 0 Å². The highest BCUT2D eigenvalue weighted by molar-refractivity contribution is 6.00. The van der Waals surface area contributed by atoms with Gasteiger partial charge in [0.25, 0.3) is 5.91 Å². The Bertz CT molecular complexity index is 925. The van der Waals surface area contributed by atoms with Crippen LogP contribution in [0.3, 0.4) is 0 Å². The summed E-state index contributed by atoms with van der Waals surface area (Å²) >= 11 is 0. The molecule has 0 aliphatic carbocycles. The van der Waals surface area contributed by atoms with Crippen LogP contribution >= 0.6 is 0 Å². The lowest BCUT2D eigenvalue weighted by molar-refractivity contribution is 0.0952. The highest BCUT2D eigenvalue weighted by Gasteiger charge is 2.09. The number of hydrogen-bond acceptors (Lipinski definition) is 2. The number of nitrogens with one attached hydrogen (secondary N) is 3. The summed E-state index contributed by atoms with van der Waals surface area (Å²) in [6.07, 6.45) is 0.870. The van der Waals surface area contributed by atoms with Gasteiger partial charge in [-0.1, -0.05) is 55.5 Å². The first-order valence-electron chi connectivity index (χ1n) is 9.68. The van der Waals surface area contributed by atoms with E-state index in [4.69, 9.17) is 0 Å². The van der Waals surface area contributed by atoms with Crippen molar-refractivity contribution in [1.29, 1.82) is 0 Å². The standard InChI is InChI=1S/C24H25N3O2/c1-18(19-8-4-2-5-9-19)16-17-25-23(28)20-12-14-22(15-13-20)27-24(29)26-21-10-6-3-7-11-21/h2-15,18H,16-17H2,1H3,(H,25,28)(H2,26,27,29). The number of carbonyl (C=O) groups excluding carboxylic acids is 2. The van der Waals surface area contributed by atoms with E-state index in [-0.39, 0.29) is 11.9 Å². The summed E-state index contributed by atoms with van der Waals surface area (Å²) < 4.78 is 0. The van der Waals surface area contributed by atoms with Gasteiger partial charge in [0, 0.05) is 23.5 Å². The van der Waals surface area contributed by atoms with Gasteiger partial charge >= 0.3 is 6.03 Å². The zero-order valence-electron chi connectivity index (χ0n) is 16.4. The number of carbonyl (C=O) groups is 2. The molecule has 3 rings (SSSR count). The summed E-state index contributed by atoms with van der Waals surface area (Å²) in [5.74, 6) is 0.261. The molecule has 5 nitrogen and oxygen atoms in total. The van der Waals surface area contributed by atoms with Crippen molar-refractivity contribution in [2.45, 2.75) is 19.3 Å². The van der Waals surface area contributed by atoms with Crippen molar-refractivity contribution in [2.24, 2.45) is 0 Å². The second-order valence-corrected chi connectivity index (χ2v) is 6.88. The maximum Gasteiger partial charge on any atom is 0.323 e. The van der Waals surface area contributed by atoms with Gasteiger partial charge in [-0.05, 0) is 54.3 Å². The molecule has 29 heavy (non-hydrogen) atoms. The summed E-state index contributed by atoms with van der Waals surface area (Å²) in [7, 11) is 0. The number of benzene rings is 3. The zero-order chi connectivity index (χ0) is 20.5. The average molecular weight is 387 g/mol. The van der Waals surface area contributed by atoms with Gasteiger partial charge in [0.05, 0.1) is 0 Å². The van der Waals surface area contributed by atoms with E-state index in [0.29, 0.717) is 29.4 Å². The third kappa shape index (κ3) is 6.21. The summed E-state index contributed by atoms with van der Waals surface area (Å²) in [6.45, 7) is 2.76. The maximum atomic E-state index is 12.3. The Labute approximate surface area is 171 Å². The monoisotopic (exact) mass is 387 g/mol. The molecule has 3 N–H and O–H groups in total. The molecule has 0 aliphatic heterocycles. The number of para-hydroxylation sites is 1. The number of amides is 3. The van der Waals surface area contributed by atoms with Crippen LogP contribution in [0, 0.1) is 0 Å². The van der Waals surface area contributed by atoms with E-state index in [2.05, 4.69) is 35.0 Å². The Balaban J connectivity index is 1.45. The molecule has 3 amide bonds. The van der Waals surface area contributed by atoms with Crippen LogP contribution < -0.4 is 16.0 Å². The first-order valence-corrected chi connectivity index (χ1v) is 9.68. The van der Waals surface area contributed by atoms with E-state index in [1.807, 2.05) is 48.5 Å². The summed E-state index contributed by atoms with van der Waals surface area (Å²) in [6, 6.07) is 26.0. The molecule has 0 saturated heterocycles. The third-order valence-electron chi connectivity index (χ3n) is 4.67. The van der Waals surface area contributed by atoms with Crippen LogP contribution in [-0.4, -0.2) is 18.5 Å². The van der Waals surface area contributed by atoms with Crippen LogP contribution in [0.1, 0.15) is 35.2 Å². The van der Waals surface area contributed by atoms with Crippen LogP contribution in [0.5, 0.6) is 0 Å². The first-order chi connectivity index (χ1) is 14.1. The lowest BCUT2D eigenvalue weighted by Crippen LogP contribution is -2.25. The van der Waals surface area contributed by atoms with Crippen molar-refractivity contribution in [3.8, 4) is 0 Å². The SMILES string of the molecule is CC(CCNC(=O)c1ccc(NC(=O)Nc2ccccc2)cc1)c1ccccc1. The lowest BCUT2D eigenvalue weighted by atomic mass is 9.98. The van der Waals surface area contributed by atoms with Gasteiger partial charge in [-0.2, -0.15) is 0 Å². The fourth-order valence-corrected chi connectivity index (χ4v) is 2.97. The van der Waals surface area contributed by atoms with Crippen molar-refractivity contribution in [1.82, 2.24) is 5.32 Å². The van der Waals surface area contributed by atoms with Crippen molar-refractivity contribution in [3.05, 3.63) is 96.1 Å². The van der Waals surface area contributed by atoms with Gasteiger partial charge in [0.2, 0.25) is 0 Å². The molecule has 3 aromatic carbocycles. The van der Waals surface area contributed by atoms with E-state index in [1.54, 1.807) is 24.3 Å². The van der Waals surface area contributed by atoms with Crippen LogP contribution in [-0.2, 0) is 0 Å². The van der Waals surface area contributed by atoms with Gasteiger partial charge in [0.1, 0.15) is 0 Å². The average Bonchev–Trinajstić information content (AvgIpc) is 2.75. The molecule has 3 aromatic rings. The Kier molecular flexibility index (Phi) is 7.00. The van der Waals surface area contributed by atoms with E-state index in [0.717, 1.165) is 6.42 Å². The zero-order valence-corrected chi connectivity index (χ0v) is 16.4. The normalized spacial score (nSPS) is 11.3. The van der Waals surface area contributed by atoms with Crippen LogP contribution in [0.4, 0.5) is 16.2 Å². The molecule has 5 heteroatoms. The molecular formula is C24H25N3O2. The molecule has 0 fully saturated rings. The molecule has 0 bridgehead atoms. The van der Waals surface area contributed by atoms with E-state index in [1.165, 1.54) is 5.56 Å². The molecular weight excluding hydrogens is 362 g/mol. The summed E-state index contributed by atoms with van der Waals surface area (Å²) in [5, 5.41) is 8.46. The topological polar surface area (TPSA) is 70.2 Å². The third-order valence-corrected chi connectivity index (χ3v) is 4.67. The van der Waals surface area contributed by atoms with Gasteiger partial charge in [-0.3, -0.25) is 4.79 Å². The molecule has 0 radical (unpaired) electrons. The van der Waals surface area contributed by atoms with Crippen molar-refractivity contribution in [2.75, 3.05) is 17.2 Å². The molecule has 0 heterocycles. The highest BCUT2D eigenvalue weighted by atomic mass is 16.2. The minimum absolute atomic E-state index is 0.120. The molecule has 1 atom stereocenters. The minimum Gasteiger partial charge on any atom is -0.352 e. The molecule has 0 saturated carbocycles. The predicted octanol–water partition coefficient (Wildman–Crippen LogP) is 5.25. The van der Waals surface area contributed by atoms with E-state index in [9.17, 15) is 9.59 Å². The molecule has 1 unspecified atom stereocenters. The van der Waals surface area contributed by atoms with Crippen molar-refractivity contribution >= 4 is 23.3 Å². The van der Waals surface area contributed by atoms with Gasteiger partial charge < -0.3 is 16.0 Å². The number of urea groups is 1. The maximum absolute atomic E-state index is 12.3. The second-order valence-electron chi connectivity index (χ2n) is 6.88.